The van der Waals surface area contributed by atoms with E-state index >= 15 is 0 Å². The van der Waals surface area contributed by atoms with E-state index in [1.807, 2.05) is 4.90 Å². The Hall–Kier alpha value is -1.83. The zero-order chi connectivity index (χ0) is 18.4. The van der Waals surface area contributed by atoms with Crippen LogP contribution in [0.4, 0.5) is 5.13 Å². The Labute approximate surface area is 160 Å². The number of aromatic nitrogens is 1. The van der Waals surface area contributed by atoms with Crippen LogP contribution in [0.25, 0.3) is 0 Å². The monoisotopic (exact) mass is 378 g/mol. The van der Waals surface area contributed by atoms with Crippen molar-refractivity contribution in [2.24, 2.45) is 4.99 Å². The first-order chi connectivity index (χ1) is 12.7. The minimum Gasteiger partial charge on any atom is -0.357 e. The van der Waals surface area contributed by atoms with Gasteiger partial charge < -0.3 is 20.0 Å². The molecule has 0 bridgehead atoms. The van der Waals surface area contributed by atoms with E-state index in [-0.39, 0.29) is 5.91 Å². The third-order valence-electron chi connectivity index (χ3n) is 4.91. The fraction of sp³-hybridized carbons (Fsp3) is 0.722. The number of nitrogens with one attached hydrogen (secondary N) is 1. The number of nitrogens with zero attached hydrogens (tertiary/aromatic N) is 5. The van der Waals surface area contributed by atoms with Gasteiger partial charge in [-0.3, -0.25) is 9.79 Å². The maximum Gasteiger partial charge on any atom is 0.219 e. The molecule has 2 aliphatic heterocycles. The fourth-order valence-electron chi connectivity index (χ4n) is 3.40. The Morgan fingerprint density at radius 2 is 1.88 bits per heavy atom. The first-order valence-electron chi connectivity index (χ1n) is 9.65. The minimum atomic E-state index is 0.156. The molecule has 1 amide bonds. The molecule has 0 atom stereocenters. The van der Waals surface area contributed by atoms with Crippen molar-refractivity contribution in [3.63, 3.8) is 0 Å². The molecule has 0 unspecified atom stereocenters. The van der Waals surface area contributed by atoms with E-state index in [1.165, 1.54) is 12.8 Å². The average molecular weight is 379 g/mol. The van der Waals surface area contributed by atoms with Crippen LogP contribution in [0, 0.1) is 0 Å². The topological polar surface area (TPSA) is 64.1 Å². The van der Waals surface area contributed by atoms with Crippen molar-refractivity contribution in [3.05, 3.63) is 11.1 Å². The Balaban J connectivity index is 1.52. The third kappa shape index (κ3) is 4.87. The van der Waals surface area contributed by atoms with Gasteiger partial charge in [-0.05, 0) is 19.8 Å². The number of guanidine groups is 1. The second-order valence-electron chi connectivity index (χ2n) is 6.79. The van der Waals surface area contributed by atoms with Gasteiger partial charge in [-0.15, -0.1) is 11.3 Å². The molecule has 0 saturated carbocycles. The van der Waals surface area contributed by atoms with E-state index in [0.29, 0.717) is 0 Å². The summed E-state index contributed by atoms with van der Waals surface area (Å²) >= 11 is 1.75. The van der Waals surface area contributed by atoms with Crippen LogP contribution >= 0.6 is 11.3 Å². The van der Waals surface area contributed by atoms with E-state index in [2.05, 4.69) is 27.4 Å². The molecule has 7 nitrogen and oxygen atoms in total. The van der Waals surface area contributed by atoms with Gasteiger partial charge in [-0.25, -0.2) is 4.98 Å². The van der Waals surface area contributed by atoms with E-state index in [1.54, 1.807) is 18.3 Å². The number of rotatable bonds is 5. The smallest absolute Gasteiger partial charge is 0.219 e. The third-order valence-corrected chi connectivity index (χ3v) is 5.86. The molecule has 0 radical (unpaired) electrons. The van der Waals surface area contributed by atoms with Crippen LogP contribution in [0.5, 0.6) is 0 Å². The lowest BCUT2D eigenvalue weighted by atomic mass is 10.3. The molecule has 0 spiro atoms. The second-order valence-corrected chi connectivity index (χ2v) is 7.63. The van der Waals surface area contributed by atoms with Crippen molar-refractivity contribution in [2.75, 3.05) is 57.3 Å². The molecule has 0 aromatic carbocycles. The quantitative estimate of drug-likeness (QED) is 0.620. The normalized spacial score (nSPS) is 18.5. The van der Waals surface area contributed by atoms with E-state index < -0.39 is 0 Å². The maximum atomic E-state index is 11.5. The Morgan fingerprint density at radius 1 is 1.19 bits per heavy atom. The van der Waals surface area contributed by atoms with Gasteiger partial charge in [-0.1, -0.05) is 0 Å². The molecule has 144 valence electrons. The molecule has 2 saturated heterocycles. The summed E-state index contributed by atoms with van der Waals surface area (Å²) < 4.78 is 0. The molecule has 1 aromatic heterocycles. The highest BCUT2D eigenvalue weighted by Crippen LogP contribution is 2.24. The van der Waals surface area contributed by atoms with Gasteiger partial charge in [0.1, 0.15) is 0 Å². The number of carbonyl (C=O) groups is 1. The van der Waals surface area contributed by atoms with Crippen LogP contribution in [-0.4, -0.2) is 79.0 Å². The molecular formula is C18H30N6OS. The molecule has 26 heavy (non-hydrogen) atoms. The summed E-state index contributed by atoms with van der Waals surface area (Å²) in [4.78, 5) is 27.6. The molecule has 0 aliphatic carbocycles. The lowest BCUT2D eigenvalue weighted by Crippen LogP contribution is -2.53. The van der Waals surface area contributed by atoms with Crippen molar-refractivity contribution in [1.82, 2.24) is 20.1 Å². The van der Waals surface area contributed by atoms with Crippen molar-refractivity contribution in [1.29, 1.82) is 0 Å². The van der Waals surface area contributed by atoms with Crippen LogP contribution in [0.1, 0.15) is 32.4 Å². The second kappa shape index (κ2) is 9.21. The molecule has 3 heterocycles. The molecule has 2 aliphatic rings. The van der Waals surface area contributed by atoms with Crippen LogP contribution < -0.4 is 10.2 Å². The molecule has 1 aromatic rings. The summed E-state index contributed by atoms with van der Waals surface area (Å²) in [6.07, 6.45) is 3.43. The van der Waals surface area contributed by atoms with Crippen LogP contribution in [-0.2, 0) is 11.2 Å². The largest absolute Gasteiger partial charge is 0.357 e. The van der Waals surface area contributed by atoms with Gasteiger partial charge in [0, 0.05) is 71.1 Å². The lowest BCUT2D eigenvalue weighted by Gasteiger charge is -2.36. The van der Waals surface area contributed by atoms with E-state index in [9.17, 15) is 4.79 Å². The summed E-state index contributed by atoms with van der Waals surface area (Å²) in [5.41, 5.74) is 1.14. The number of amides is 1. The number of thiazole rings is 1. The van der Waals surface area contributed by atoms with Gasteiger partial charge in [0.25, 0.3) is 0 Å². The molecule has 1 N–H and O–H groups in total. The number of hydrogen-bond acceptors (Lipinski definition) is 5. The predicted molar refractivity (Wildman–Crippen MR) is 107 cm³/mol. The summed E-state index contributed by atoms with van der Waals surface area (Å²) in [5.74, 6) is 1.11. The standard InChI is InChI=1S/C18H30N6OS/c1-3-19-17(23-12-10-22(11-13-23)15(2)25)20-7-6-16-14-26-18(21-16)24-8-4-5-9-24/h14H,3-13H2,1-2H3,(H,19,20). The van der Waals surface area contributed by atoms with Crippen molar-refractivity contribution < 1.29 is 4.79 Å². The van der Waals surface area contributed by atoms with Gasteiger partial charge in [0.15, 0.2) is 11.1 Å². The zero-order valence-electron chi connectivity index (χ0n) is 15.9. The number of anilines is 1. The van der Waals surface area contributed by atoms with E-state index in [4.69, 9.17) is 9.98 Å². The molecule has 2 fully saturated rings. The summed E-state index contributed by atoms with van der Waals surface area (Å²) in [5, 5.41) is 6.71. The summed E-state index contributed by atoms with van der Waals surface area (Å²) in [6.45, 7) is 10.8. The number of piperazine rings is 1. The Bertz CT molecular complexity index is 617. The van der Waals surface area contributed by atoms with Crippen molar-refractivity contribution in [3.8, 4) is 0 Å². The fourth-order valence-corrected chi connectivity index (χ4v) is 4.31. The van der Waals surface area contributed by atoms with Gasteiger partial charge in [0.2, 0.25) is 5.91 Å². The predicted octanol–water partition coefficient (Wildman–Crippen LogP) is 1.42. The van der Waals surface area contributed by atoms with Crippen LogP contribution in [0.15, 0.2) is 10.4 Å². The van der Waals surface area contributed by atoms with E-state index in [0.717, 1.165) is 75.6 Å². The molecule has 8 heteroatoms. The van der Waals surface area contributed by atoms with Gasteiger partial charge in [-0.2, -0.15) is 0 Å². The number of aliphatic imine (C=N–C) groups is 1. The SMILES string of the molecule is CCNC(=NCCc1csc(N2CCCC2)n1)N1CCN(C(C)=O)CC1. The number of carbonyl (C=O) groups excluding carboxylic acids is 1. The first-order valence-corrected chi connectivity index (χ1v) is 10.5. The van der Waals surface area contributed by atoms with Gasteiger partial charge >= 0.3 is 0 Å². The highest BCUT2D eigenvalue weighted by molar-refractivity contribution is 7.13. The minimum absolute atomic E-state index is 0.156. The van der Waals surface area contributed by atoms with Crippen LogP contribution in [0.2, 0.25) is 0 Å². The van der Waals surface area contributed by atoms with Crippen molar-refractivity contribution in [2.45, 2.75) is 33.1 Å². The van der Waals surface area contributed by atoms with Gasteiger partial charge in [0.05, 0.1) is 5.69 Å². The summed E-state index contributed by atoms with van der Waals surface area (Å²) in [7, 11) is 0. The lowest BCUT2D eigenvalue weighted by molar-refractivity contribution is -0.130. The molecule has 3 rings (SSSR count). The van der Waals surface area contributed by atoms with Crippen molar-refractivity contribution >= 4 is 28.3 Å². The average Bonchev–Trinajstić information content (AvgIpc) is 3.32. The number of hydrogen-bond donors (Lipinski definition) is 1. The highest BCUT2D eigenvalue weighted by atomic mass is 32.1. The Morgan fingerprint density at radius 3 is 2.54 bits per heavy atom. The summed E-state index contributed by atoms with van der Waals surface area (Å²) in [6, 6.07) is 0. The highest BCUT2D eigenvalue weighted by Gasteiger charge is 2.21. The first kappa shape index (κ1) is 18.9. The maximum absolute atomic E-state index is 11.5. The zero-order valence-corrected chi connectivity index (χ0v) is 16.7. The van der Waals surface area contributed by atoms with Crippen LogP contribution in [0.3, 0.4) is 0 Å². The Kier molecular flexibility index (Phi) is 6.71. The molecular weight excluding hydrogens is 348 g/mol.